The van der Waals surface area contributed by atoms with Gasteiger partial charge in [-0.05, 0) is 109 Å². The van der Waals surface area contributed by atoms with Crippen molar-refractivity contribution < 1.29 is 37.6 Å². The second kappa shape index (κ2) is 53.5. The highest BCUT2D eigenvalue weighted by atomic mass is 31.2. The van der Waals surface area contributed by atoms with Crippen molar-refractivity contribution in [2.24, 2.45) is 5.73 Å². The van der Waals surface area contributed by atoms with E-state index in [2.05, 4.69) is 148 Å². The van der Waals surface area contributed by atoms with Crippen molar-refractivity contribution in [1.82, 2.24) is 0 Å². The van der Waals surface area contributed by atoms with Crippen molar-refractivity contribution >= 4 is 19.8 Å². The SMILES string of the molecule is CC/C=C\C/C=C\C/C=C\C/C=C\C/C=C\C/C=C\C/C=C\C/C=C\CCCCCCCCCCCCC(=O)OC(COC(=O)CCCCC/C=C\C/C=C\C/C=C\CC)COP(=O)(O)OCCN. The van der Waals surface area contributed by atoms with Crippen molar-refractivity contribution in [3.8, 4) is 0 Å². The van der Waals surface area contributed by atoms with E-state index in [-0.39, 0.29) is 32.6 Å². The fraction of sp³-hybridized carbons (Fsp3) is 0.593. The lowest BCUT2D eigenvalue weighted by molar-refractivity contribution is -0.161. The zero-order valence-corrected chi connectivity index (χ0v) is 44.1. The van der Waals surface area contributed by atoms with Gasteiger partial charge in [0, 0.05) is 19.4 Å². The van der Waals surface area contributed by atoms with Gasteiger partial charge >= 0.3 is 19.8 Å². The first kappa shape index (κ1) is 65.1. The van der Waals surface area contributed by atoms with Crippen LogP contribution in [0.15, 0.2) is 134 Å². The number of phosphoric ester groups is 1. The number of esters is 2. The third-order valence-corrected chi connectivity index (χ3v) is 11.5. The maximum absolute atomic E-state index is 12.7. The zero-order chi connectivity index (χ0) is 50.2. The van der Waals surface area contributed by atoms with Crippen molar-refractivity contribution in [3.05, 3.63) is 134 Å². The molecule has 0 aliphatic carbocycles. The lowest BCUT2D eigenvalue weighted by atomic mass is 10.0. The number of unbranched alkanes of at least 4 members (excludes halogenated alkanes) is 13. The topological polar surface area (TPSA) is 134 Å². The molecular formula is C59H96NO8P. The van der Waals surface area contributed by atoms with Crippen molar-refractivity contribution in [2.45, 2.75) is 200 Å². The van der Waals surface area contributed by atoms with Crippen molar-refractivity contribution in [2.75, 3.05) is 26.4 Å². The molecule has 0 radical (unpaired) electrons. The molecular weight excluding hydrogens is 882 g/mol. The summed E-state index contributed by atoms with van der Waals surface area (Å²) in [6.45, 7) is 3.44. The van der Waals surface area contributed by atoms with Gasteiger partial charge in [-0.1, -0.05) is 205 Å². The number of phosphoric acid groups is 1. The quantitative estimate of drug-likeness (QED) is 0.0264. The summed E-state index contributed by atoms with van der Waals surface area (Å²) >= 11 is 0. The monoisotopic (exact) mass is 978 g/mol. The Morgan fingerprint density at radius 3 is 1.13 bits per heavy atom. The van der Waals surface area contributed by atoms with Crippen LogP contribution in [0.25, 0.3) is 0 Å². The first-order valence-corrected chi connectivity index (χ1v) is 28.2. The molecule has 0 rings (SSSR count). The third kappa shape index (κ3) is 53.4. The van der Waals surface area contributed by atoms with Crippen LogP contribution < -0.4 is 5.73 Å². The molecule has 0 saturated carbocycles. The molecule has 9 nitrogen and oxygen atoms in total. The normalized spacial score (nSPS) is 14.2. The molecule has 390 valence electrons. The molecule has 0 heterocycles. The molecule has 0 fully saturated rings. The Hall–Kier alpha value is -3.85. The van der Waals surface area contributed by atoms with Gasteiger partial charge in [-0.25, -0.2) is 4.57 Å². The maximum Gasteiger partial charge on any atom is 0.472 e. The minimum atomic E-state index is -4.40. The summed E-state index contributed by atoms with van der Waals surface area (Å²) in [6, 6.07) is 0. The van der Waals surface area contributed by atoms with Crippen LogP contribution in [-0.4, -0.2) is 49.3 Å². The number of nitrogens with two attached hydrogens (primary N) is 1. The summed E-state index contributed by atoms with van der Waals surface area (Å²) in [4.78, 5) is 35.0. The van der Waals surface area contributed by atoms with Gasteiger partial charge < -0.3 is 20.1 Å². The lowest BCUT2D eigenvalue weighted by Crippen LogP contribution is -2.29. The van der Waals surface area contributed by atoms with Gasteiger partial charge in [-0.2, -0.15) is 0 Å². The number of hydrogen-bond donors (Lipinski definition) is 2. The summed E-state index contributed by atoms with van der Waals surface area (Å²) in [6.07, 6.45) is 75.1. The Morgan fingerprint density at radius 2 is 0.754 bits per heavy atom. The van der Waals surface area contributed by atoms with E-state index in [1.807, 2.05) is 0 Å². The molecule has 2 unspecified atom stereocenters. The summed E-state index contributed by atoms with van der Waals surface area (Å²) in [5, 5.41) is 0. The predicted molar refractivity (Wildman–Crippen MR) is 293 cm³/mol. The molecule has 0 bridgehead atoms. The molecule has 69 heavy (non-hydrogen) atoms. The summed E-state index contributed by atoms with van der Waals surface area (Å²) in [5.41, 5.74) is 5.36. The highest BCUT2D eigenvalue weighted by Gasteiger charge is 2.26. The molecule has 0 aliphatic heterocycles. The van der Waals surface area contributed by atoms with E-state index in [1.54, 1.807) is 0 Å². The minimum absolute atomic E-state index is 0.0417. The fourth-order valence-electron chi connectivity index (χ4n) is 6.66. The van der Waals surface area contributed by atoms with Gasteiger partial charge in [-0.15, -0.1) is 0 Å². The number of allylic oxidation sites excluding steroid dienone is 22. The summed E-state index contributed by atoms with van der Waals surface area (Å²) < 4.78 is 32.9. The van der Waals surface area contributed by atoms with Gasteiger partial charge in [0.1, 0.15) is 6.61 Å². The van der Waals surface area contributed by atoms with Gasteiger partial charge in [0.05, 0.1) is 13.2 Å². The van der Waals surface area contributed by atoms with E-state index in [9.17, 15) is 19.0 Å². The van der Waals surface area contributed by atoms with Crippen LogP contribution in [0.1, 0.15) is 194 Å². The fourth-order valence-corrected chi connectivity index (χ4v) is 7.43. The van der Waals surface area contributed by atoms with Crippen LogP contribution in [0.5, 0.6) is 0 Å². The zero-order valence-electron chi connectivity index (χ0n) is 43.2. The van der Waals surface area contributed by atoms with Gasteiger partial charge in [0.2, 0.25) is 0 Å². The van der Waals surface area contributed by atoms with Crippen LogP contribution in [0, 0.1) is 0 Å². The first-order chi connectivity index (χ1) is 33.8. The van der Waals surface area contributed by atoms with E-state index in [1.165, 1.54) is 38.5 Å². The second-order valence-corrected chi connectivity index (χ2v) is 18.4. The second-order valence-electron chi connectivity index (χ2n) is 17.0. The van der Waals surface area contributed by atoms with Gasteiger partial charge in [-0.3, -0.25) is 18.6 Å². The molecule has 10 heteroatoms. The third-order valence-electron chi connectivity index (χ3n) is 10.5. The van der Waals surface area contributed by atoms with Gasteiger partial charge in [0.25, 0.3) is 0 Å². The van der Waals surface area contributed by atoms with Crippen LogP contribution >= 0.6 is 7.82 Å². The number of ether oxygens (including phenoxy) is 2. The van der Waals surface area contributed by atoms with Crippen LogP contribution in [0.3, 0.4) is 0 Å². The number of carbonyl (C=O) groups excluding carboxylic acids is 2. The van der Waals surface area contributed by atoms with E-state index in [0.29, 0.717) is 12.8 Å². The Morgan fingerprint density at radius 1 is 0.435 bits per heavy atom. The van der Waals surface area contributed by atoms with Crippen molar-refractivity contribution in [3.63, 3.8) is 0 Å². The predicted octanol–water partition coefficient (Wildman–Crippen LogP) is 16.6. The molecule has 0 aromatic heterocycles. The minimum Gasteiger partial charge on any atom is -0.462 e. The smallest absolute Gasteiger partial charge is 0.462 e. The van der Waals surface area contributed by atoms with E-state index < -0.39 is 32.5 Å². The molecule has 0 spiro atoms. The largest absolute Gasteiger partial charge is 0.472 e. The molecule has 0 amide bonds. The summed E-state index contributed by atoms with van der Waals surface area (Å²) in [7, 11) is -4.40. The van der Waals surface area contributed by atoms with E-state index >= 15 is 0 Å². The Bertz CT molecular complexity index is 1580. The number of carbonyl (C=O) groups is 2. The van der Waals surface area contributed by atoms with Crippen LogP contribution in [0.4, 0.5) is 0 Å². The molecule has 0 aromatic carbocycles. The highest BCUT2D eigenvalue weighted by molar-refractivity contribution is 7.47. The van der Waals surface area contributed by atoms with Crippen molar-refractivity contribution in [1.29, 1.82) is 0 Å². The first-order valence-electron chi connectivity index (χ1n) is 26.7. The van der Waals surface area contributed by atoms with Crippen LogP contribution in [0.2, 0.25) is 0 Å². The number of rotatable bonds is 48. The molecule has 2 atom stereocenters. The Kier molecular flexibility index (Phi) is 50.5. The standard InChI is InChI=1S/C59H96NO8P/c1-3-5-7-9-11-13-15-17-18-19-20-21-22-23-24-25-26-27-28-29-30-31-32-33-34-35-36-37-38-40-42-44-46-48-50-52-59(62)68-57(56-67-69(63,64)66-54-53-60)55-65-58(61)51-49-47-45-43-41-39-16-14-12-10-8-6-4-2/h5-8,11-14,17-18,20-21,23-24,26-27,29-30,32-33,39,41,57H,3-4,9-10,15-16,19,22,25,28,31,34-38,40,42-56,60H2,1-2H3,(H,63,64)/b7-5-,8-6-,13-11-,14-12-,18-17-,21-20-,24-23-,27-26-,30-29-,33-32-,41-39-. The average molecular weight is 978 g/mol. The molecule has 0 saturated heterocycles. The number of hydrogen-bond acceptors (Lipinski definition) is 8. The molecule has 0 aromatic rings. The van der Waals surface area contributed by atoms with E-state index in [4.69, 9.17) is 24.3 Å². The van der Waals surface area contributed by atoms with Crippen LogP contribution in [-0.2, 0) is 32.7 Å². The maximum atomic E-state index is 12.7. The lowest BCUT2D eigenvalue weighted by Gasteiger charge is -2.19. The van der Waals surface area contributed by atoms with Gasteiger partial charge in [0.15, 0.2) is 6.10 Å². The summed E-state index contributed by atoms with van der Waals surface area (Å²) in [5.74, 6) is -0.879. The Balaban J connectivity index is 4.01. The Labute approximate surface area is 421 Å². The van der Waals surface area contributed by atoms with E-state index in [0.717, 1.165) is 116 Å². The highest BCUT2D eigenvalue weighted by Crippen LogP contribution is 2.43. The molecule has 0 aliphatic rings. The average Bonchev–Trinajstić information content (AvgIpc) is 3.34. The molecule has 3 N–H and O–H groups in total.